The van der Waals surface area contributed by atoms with Gasteiger partial charge in [-0.1, -0.05) is 30.3 Å². The fraction of sp³-hybridized carbons (Fsp3) is 0.417. The van der Waals surface area contributed by atoms with Crippen LogP contribution in [0.1, 0.15) is 32.3 Å². The zero-order valence-corrected chi connectivity index (χ0v) is 19.1. The smallest absolute Gasteiger partial charge is 0.257 e. The number of likely N-dealkylation sites (N-methyl/N-ethyl adjacent to an activating group) is 1. The topological polar surface area (TPSA) is 74.8 Å². The maximum absolute atomic E-state index is 11.6. The lowest BCUT2D eigenvalue weighted by atomic mass is 10.2. The Bertz CT molecular complexity index is 869. The minimum atomic E-state index is -0.119. The molecule has 0 saturated heterocycles. The molecule has 3 N–H and O–H groups in total. The Morgan fingerprint density at radius 3 is 2.52 bits per heavy atom. The van der Waals surface area contributed by atoms with Crippen LogP contribution >= 0.6 is 11.8 Å². The first kappa shape index (κ1) is 23.0. The summed E-state index contributed by atoms with van der Waals surface area (Å²) < 4.78 is 5.83. The molecule has 1 amide bonds. The number of nitrogens with one attached hydrogen (secondary N) is 3. The lowest BCUT2D eigenvalue weighted by molar-refractivity contribution is -0.122. The molecule has 2 aromatic rings. The summed E-state index contributed by atoms with van der Waals surface area (Å²) in [6.45, 7) is 6.80. The van der Waals surface area contributed by atoms with Crippen molar-refractivity contribution in [2.24, 2.45) is 4.99 Å². The molecule has 0 atom stereocenters. The van der Waals surface area contributed by atoms with E-state index in [0.29, 0.717) is 18.8 Å². The largest absolute Gasteiger partial charge is 0.484 e. The van der Waals surface area contributed by atoms with Crippen molar-refractivity contribution in [2.75, 3.05) is 26.2 Å². The van der Waals surface area contributed by atoms with E-state index < -0.39 is 0 Å². The van der Waals surface area contributed by atoms with Crippen molar-refractivity contribution in [2.45, 2.75) is 42.9 Å². The molecular weight excluding hydrogens is 408 g/mol. The lowest BCUT2D eigenvalue weighted by Gasteiger charge is -2.18. The molecular formula is C24H32N4O2S. The highest BCUT2D eigenvalue weighted by molar-refractivity contribution is 8.01. The Hall–Kier alpha value is -2.67. The van der Waals surface area contributed by atoms with Gasteiger partial charge in [-0.05, 0) is 56.5 Å². The van der Waals surface area contributed by atoms with E-state index in [-0.39, 0.29) is 17.3 Å². The van der Waals surface area contributed by atoms with Crippen molar-refractivity contribution in [1.29, 1.82) is 0 Å². The van der Waals surface area contributed by atoms with Gasteiger partial charge in [0.2, 0.25) is 0 Å². The fourth-order valence-corrected chi connectivity index (χ4v) is 4.32. The maximum Gasteiger partial charge on any atom is 0.257 e. The number of hydrogen-bond acceptors (Lipinski definition) is 4. The third kappa shape index (κ3) is 7.83. The maximum atomic E-state index is 11.6. The van der Waals surface area contributed by atoms with E-state index in [1.807, 2.05) is 43.0 Å². The van der Waals surface area contributed by atoms with Crippen molar-refractivity contribution < 1.29 is 9.53 Å². The summed E-state index contributed by atoms with van der Waals surface area (Å²) in [5, 5.41) is 9.57. The Labute approximate surface area is 189 Å². The first-order chi connectivity index (χ1) is 15.1. The highest BCUT2D eigenvalue weighted by Gasteiger charge is 2.43. The molecule has 0 bridgehead atoms. The Kier molecular flexibility index (Phi) is 8.64. The van der Waals surface area contributed by atoms with Gasteiger partial charge in [-0.25, -0.2) is 4.99 Å². The van der Waals surface area contributed by atoms with E-state index in [0.717, 1.165) is 24.6 Å². The standard InChI is InChI=1S/C24H32N4O2S/c1-3-25-22(29)17-30-20-10-8-9-19(15-20)16-27-23(26-4-2)28-18-24(13-14-24)31-21-11-6-5-7-12-21/h5-12,15H,3-4,13-14,16-18H2,1-2H3,(H,25,29)(H2,26,27,28). The molecule has 1 aliphatic rings. The van der Waals surface area contributed by atoms with Crippen LogP contribution in [0.5, 0.6) is 5.75 Å². The van der Waals surface area contributed by atoms with Crippen LogP contribution in [0.4, 0.5) is 0 Å². The molecule has 1 saturated carbocycles. The molecule has 1 fully saturated rings. The third-order valence-electron chi connectivity index (χ3n) is 4.87. The number of ether oxygens (including phenoxy) is 1. The molecule has 0 radical (unpaired) electrons. The number of guanidine groups is 1. The average Bonchev–Trinajstić information content (AvgIpc) is 3.55. The first-order valence-electron chi connectivity index (χ1n) is 10.9. The second-order valence-electron chi connectivity index (χ2n) is 7.54. The van der Waals surface area contributed by atoms with Gasteiger partial charge in [0.25, 0.3) is 5.91 Å². The van der Waals surface area contributed by atoms with Crippen LogP contribution in [0.25, 0.3) is 0 Å². The van der Waals surface area contributed by atoms with Gasteiger partial charge >= 0.3 is 0 Å². The van der Waals surface area contributed by atoms with Crippen LogP contribution in [0.15, 0.2) is 64.5 Å². The lowest BCUT2D eigenvalue weighted by Crippen LogP contribution is -2.41. The van der Waals surface area contributed by atoms with Crippen LogP contribution in [0, 0.1) is 0 Å². The number of benzene rings is 2. The number of thioether (sulfide) groups is 1. The first-order valence-corrected chi connectivity index (χ1v) is 11.7. The summed E-state index contributed by atoms with van der Waals surface area (Å²) in [5.74, 6) is 1.37. The normalized spacial score (nSPS) is 14.6. The molecule has 166 valence electrons. The zero-order valence-electron chi connectivity index (χ0n) is 18.3. The summed E-state index contributed by atoms with van der Waals surface area (Å²) in [4.78, 5) is 17.6. The molecule has 3 rings (SSSR count). The van der Waals surface area contributed by atoms with Gasteiger partial charge in [0.1, 0.15) is 5.75 Å². The number of rotatable bonds is 11. The third-order valence-corrected chi connectivity index (χ3v) is 6.36. The van der Waals surface area contributed by atoms with Gasteiger partial charge in [-0.3, -0.25) is 4.79 Å². The molecule has 0 spiro atoms. The molecule has 0 aromatic heterocycles. The summed E-state index contributed by atoms with van der Waals surface area (Å²) in [6, 6.07) is 18.3. The number of carbonyl (C=O) groups is 1. The van der Waals surface area contributed by atoms with Gasteiger partial charge < -0.3 is 20.7 Å². The number of amides is 1. The van der Waals surface area contributed by atoms with Gasteiger partial charge in [0, 0.05) is 29.3 Å². The quantitative estimate of drug-likeness (QED) is 0.368. The zero-order chi connectivity index (χ0) is 21.9. The van der Waals surface area contributed by atoms with E-state index >= 15 is 0 Å². The van der Waals surface area contributed by atoms with Crippen molar-refractivity contribution in [1.82, 2.24) is 16.0 Å². The molecule has 0 heterocycles. The van der Waals surface area contributed by atoms with Gasteiger partial charge in [0.15, 0.2) is 12.6 Å². The van der Waals surface area contributed by atoms with Gasteiger partial charge in [-0.15, -0.1) is 11.8 Å². The van der Waals surface area contributed by atoms with Crippen LogP contribution in [-0.4, -0.2) is 42.9 Å². The molecule has 6 nitrogen and oxygen atoms in total. The van der Waals surface area contributed by atoms with Crippen molar-refractivity contribution >= 4 is 23.6 Å². The summed E-state index contributed by atoms with van der Waals surface area (Å²) >= 11 is 1.95. The summed E-state index contributed by atoms with van der Waals surface area (Å²) in [7, 11) is 0. The van der Waals surface area contributed by atoms with Crippen LogP contribution in [0.2, 0.25) is 0 Å². The Morgan fingerprint density at radius 1 is 1.03 bits per heavy atom. The van der Waals surface area contributed by atoms with Crippen molar-refractivity contribution in [3.8, 4) is 5.75 Å². The van der Waals surface area contributed by atoms with Crippen LogP contribution in [0.3, 0.4) is 0 Å². The van der Waals surface area contributed by atoms with Gasteiger partial charge in [0.05, 0.1) is 6.54 Å². The second kappa shape index (κ2) is 11.6. The SMILES string of the molecule is CCNC(=O)COc1cccc(CN=C(NCC)NCC2(Sc3ccccc3)CC2)c1. The number of nitrogens with zero attached hydrogens (tertiary/aromatic N) is 1. The molecule has 0 unspecified atom stereocenters. The fourth-order valence-electron chi connectivity index (χ4n) is 3.08. The van der Waals surface area contributed by atoms with E-state index in [4.69, 9.17) is 9.73 Å². The summed E-state index contributed by atoms with van der Waals surface area (Å²) in [5.41, 5.74) is 1.03. The summed E-state index contributed by atoms with van der Waals surface area (Å²) in [6.07, 6.45) is 2.42. The van der Waals surface area contributed by atoms with E-state index in [1.165, 1.54) is 17.7 Å². The van der Waals surface area contributed by atoms with Crippen molar-refractivity contribution in [3.05, 3.63) is 60.2 Å². The second-order valence-corrected chi connectivity index (χ2v) is 9.08. The van der Waals surface area contributed by atoms with E-state index in [2.05, 4.69) is 53.2 Å². The minimum absolute atomic E-state index is 0.0198. The molecule has 7 heteroatoms. The predicted molar refractivity (Wildman–Crippen MR) is 128 cm³/mol. The molecule has 0 aliphatic heterocycles. The predicted octanol–water partition coefficient (Wildman–Crippen LogP) is 3.58. The van der Waals surface area contributed by atoms with Crippen LogP contribution < -0.4 is 20.7 Å². The van der Waals surface area contributed by atoms with E-state index in [9.17, 15) is 4.79 Å². The molecule has 2 aromatic carbocycles. The highest BCUT2D eigenvalue weighted by atomic mass is 32.2. The van der Waals surface area contributed by atoms with Crippen LogP contribution in [-0.2, 0) is 11.3 Å². The average molecular weight is 441 g/mol. The number of aliphatic imine (C=N–C) groups is 1. The number of hydrogen-bond donors (Lipinski definition) is 3. The Morgan fingerprint density at radius 2 is 1.81 bits per heavy atom. The van der Waals surface area contributed by atoms with Gasteiger partial charge in [-0.2, -0.15) is 0 Å². The Balaban J connectivity index is 1.53. The van der Waals surface area contributed by atoms with Crippen molar-refractivity contribution in [3.63, 3.8) is 0 Å². The molecule has 31 heavy (non-hydrogen) atoms. The monoisotopic (exact) mass is 440 g/mol. The highest BCUT2D eigenvalue weighted by Crippen LogP contribution is 2.51. The molecule has 1 aliphatic carbocycles. The van der Waals surface area contributed by atoms with E-state index in [1.54, 1.807) is 0 Å². The minimum Gasteiger partial charge on any atom is -0.484 e. The number of carbonyl (C=O) groups excluding carboxylic acids is 1.